The van der Waals surface area contributed by atoms with Gasteiger partial charge in [0, 0.05) is 10.1 Å². The number of nitrogens with two attached hydrogens (primary N) is 1. The first-order valence-electron chi connectivity index (χ1n) is 6.55. The molecule has 4 heteroatoms. The Kier molecular flexibility index (Phi) is 2.59. The molecule has 2 heterocycles. The molecule has 21 heavy (non-hydrogen) atoms. The van der Waals surface area contributed by atoms with Gasteiger partial charge in [-0.1, -0.05) is 42.5 Å². The van der Waals surface area contributed by atoms with Gasteiger partial charge < -0.3 is 10.2 Å². The summed E-state index contributed by atoms with van der Waals surface area (Å²) >= 11 is 1.44. The molecule has 0 fully saturated rings. The fourth-order valence-electron chi connectivity index (χ4n) is 2.54. The molecule has 2 aromatic heterocycles. The molecule has 4 rings (SSSR count). The van der Waals surface area contributed by atoms with Crippen molar-refractivity contribution in [2.45, 2.75) is 0 Å². The monoisotopic (exact) mass is 293 g/mol. The Balaban J connectivity index is 2.16. The van der Waals surface area contributed by atoms with Crippen LogP contribution in [0.15, 0.2) is 63.8 Å². The van der Waals surface area contributed by atoms with Crippen LogP contribution < -0.4 is 11.2 Å². The molecule has 102 valence electrons. The highest BCUT2D eigenvalue weighted by Gasteiger charge is 2.17. The van der Waals surface area contributed by atoms with Crippen molar-refractivity contribution in [2.75, 3.05) is 5.73 Å². The second-order valence-corrected chi connectivity index (χ2v) is 5.85. The highest BCUT2D eigenvalue weighted by atomic mass is 32.1. The van der Waals surface area contributed by atoms with Crippen molar-refractivity contribution in [1.82, 2.24) is 0 Å². The second-order valence-electron chi connectivity index (χ2n) is 4.79. The predicted octanol–water partition coefficient (Wildman–Crippen LogP) is 4.26. The van der Waals surface area contributed by atoms with Gasteiger partial charge >= 0.3 is 0 Å². The van der Waals surface area contributed by atoms with Crippen LogP contribution >= 0.6 is 11.3 Å². The Hall–Kier alpha value is -2.59. The smallest absolute Gasteiger partial charge is 0.212 e. The lowest BCUT2D eigenvalue weighted by atomic mass is 10.1. The molecule has 0 aliphatic rings. The number of nitrogen functional groups attached to an aromatic ring is 1. The average molecular weight is 293 g/mol. The Morgan fingerprint density at radius 3 is 2.48 bits per heavy atom. The van der Waals surface area contributed by atoms with Crippen LogP contribution in [0.4, 0.5) is 5.88 Å². The van der Waals surface area contributed by atoms with Crippen LogP contribution in [0.2, 0.25) is 0 Å². The van der Waals surface area contributed by atoms with Crippen molar-refractivity contribution >= 4 is 37.6 Å². The van der Waals surface area contributed by atoms with Gasteiger partial charge in [-0.2, -0.15) is 0 Å². The normalized spacial score (nSPS) is 11.2. The molecular formula is C17H11NO2S. The molecule has 2 aromatic carbocycles. The number of rotatable bonds is 1. The third-order valence-electron chi connectivity index (χ3n) is 3.50. The van der Waals surface area contributed by atoms with Gasteiger partial charge in [-0.25, -0.2) is 0 Å². The minimum atomic E-state index is -0.0684. The number of hydrogen-bond acceptors (Lipinski definition) is 4. The summed E-state index contributed by atoms with van der Waals surface area (Å²) in [7, 11) is 0. The SMILES string of the molecule is Nc1oc2c(sc3ccccc32)c(=O)c1-c1ccccc1. The van der Waals surface area contributed by atoms with E-state index in [1.165, 1.54) is 11.3 Å². The van der Waals surface area contributed by atoms with Crippen LogP contribution in [0.5, 0.6) is 0 Å². The summed E-state index contributed by atoms with van der Waals surface area (Å²) in [5.74, 6) is 0.169. The third-order valence-corrected chi connectivity index (χ3v) is 4.65. The minimum Gasteiger partial charge on any atom is -0.438 e. The maximum absolute atomic E-state index is 12.8. The molecule has 0 unspecified atom stereocenters. The van der Waals surface area contributed by atoms with Gasteiger partial charge in [-0.15, -0.1) is 11.3 Å². The van der Waals surface area contributed by atoms with Gasteiger partial charge in [0.25, 0.3) is 0 Å². The van der Waals surface area contributed by atoms with Crippen LogP contribution in [0, 0.1) is 0 Å². The van der Waals surface area contributed by atoms with E-state index in [4.69, 9.17) is 10.2 Å². The van der Waals surface area contributed by atoms with E-state index in [9.17, 15) is 4.79 Å². The largest absolute Gasteiger partial charge is 0.438 e. The zero-order valence-corrected chi connectivity index (χ0v) is 11.8. The second kappa shape index (κ2) is 4.46. The Morgan fingerprint density at radius 2 is 1.67 bits per heavy atom. The van der Waals surface area contributed by atoms with Crippen LogP contribution in [0.25, 0.3) is 31.5 Å². The molecule has 0 bridgehead atoms. The van der Waals surface area contributed by atoms with Crippen LogP contribution in [-0.4, -0.2) is 0 Å². The Bertz CT molecular complexity index is 1020. The van der Waals surface area contributed by atoms with Crippen molar-refractivity contribution in [3.05, 3.63) is 64.8 Å². The summed E-state index contributed by atoms with van der Waals surface area (Å²) in [6.45, 7) is 0. The zero-order valence-electron chi connectivity index (χ0n) is 11.0. The number of thiophene rings is 1. The van der Waals surface area contributed by atoms with E-state index in [1.54, 1.807) is 0 Å². The zero-order chi connectivity index (χ0) is 14.4. The topological polar surface area (TPSA) is 56.2 Å². The molecule has 3 nitrogen and oxygen atoms in total. The fraction of sp³-hybridized carbons (Fsp3) is 0. The molecule has 0 aliphatic heterocycles. The number of anilines is 1. The number of benzene rings is 2. The summed E-state index contributed by atoms with van der Waals surface area (Å²) < 4.78 is 7.41. The maximum Gasteiger partial charge on any atom is 0.212 e. The van der Waals surface area contributed by atoms with Crippen molar-refractivity contribution in [2.24, 2.45) is 0 Å². The highest BCUT2D eigenvalue weighted by molar-refractivity contribution is 7.25. The first kappa shape index (κ1) is 12.2. The molecule has 2 N–H and O–H groups in total. The first-order valence-corrected chi connectivity index (χ1v) is 7.36. The van der Waals surface area contributed by atoms with Gasteiger partial charge in [0.15, 0.2) is 5.58 Å². The molecule has 4 aromatic rings. The summed E-state index contributed by atoms with van der Waals surface area (Å²) in [6.07, 6.45) is 0. The summed E-state index contributed by atoms with van der Waals surface area (Å²) in [6, 6.07) is 17.2. The molecule has 0 radical (unpaired) electrons. The van der Waals surface area contributed by atoms with Gasteiger partial charge in [-0.05, 0) is 17.7 Å². The van der Waals surface area contributed by atoms with Gasteiger partial charge in [0.1, 0.15) is 4.70 Å². The molecule has 0 atom stereocenters. The third kappa shape index (κ3) is 1.76. The molecule has 0 saturated heterocycles. The molecular weight excluding hydrogens is 282 g/mol. The number of hydrogen-bond donors (Lipinski definition) is 1. The Morgan fingerprint density at radius 1 is 0.952 bits per heavy atom. The first-order chi connectivity index (χ1) is 10.3. The summed E-state index contributed by atoms with van der Waals surface area (Å²) in [4.78, 5) is 12.8. The molecule has 0 amide bonds. The van der Waals surface area contributed by atoms with Crippen molar-refractivity contribution in [3.63, 3.8) is 0 Å². The highest BCUT2D eigenvalue weighted by Crippen LogP contribution is 2.35. The van der Waals surface area contributed by atoms with Crippen LogP contribution in [0.3, 0.4) is 0 Å². The minimum absolute atomic E-state index is 0.0684. The van der Waals surface area contributed by atoms with E-state index in [1.807, 2.05) is 54.6 Å². The van der Waals surface area contributed by atoms with Gasteiger partial charge in [-0.3, -0.25) is 4.79 Å². The van der Waals surface area contributed by atoms with Crippen molar-refractivity contribution < 1.29 is 4.42 Å². The summed E-state index contributed by atoms with van der Waals surface area (Å²) in [5.41, 5.74) is 7.74. The van der Waals surface area contributed by atoms with E-state index < -0.39 is 0 Å². The fourth-order valence-corrected chi connectivity index (χ4v) is 3.61. The molecule has 0 saturated carbocycles. The van der Waals surface area contributed by atoms with E-state index in [0.717, 1.165) is 15.6 Å². The van der Waals surface area contributed by atoms with Gasteiger partial charge in [0.2, 0.25) is 11.3 Å². The Labute approximate surface area is 124 Å². The predicted molar refractivity (Wildman–Crippen MR) is 87.7 cm³/mol. The van der Waals surface area contributed by atoms with Crippen molar-refractivity contribution in [3.8, 4) is 11.1 Å². The molecule has 0 spiro atoms. The quantitative estimate of drug-likeness (QED) is 0.570. The van der Waals surface area contributed by atoms with Crippen LogP contribution in [0.1, 0.15) is 0 Å². The maximum atomic E-state index is 12.8. The standard InChI is InChI=1S/C17H11NO2S/c18-17-13(10-6-2-1-3-7-10)14(19)16-15(20-17)11-8-4-5-9-12(11)21-16/h1-9H,18H2. The lowest BCUT2D eigenvalue weighted by molar-refractivity contribution is 0.631. The average Bonchev–Trinajstić information content (AvgIpc) is 2.88. The van der Waals surface area contributed by atoms with E-state index in [0.29, 0.717) is 15.8 Å². The molecule has 0 aliphatic carbocycles. The van der Waals surface area contributed by atoms with E-state index in [2.05, 4.69) is 0 Å². The van der Waals surface area contributed by atoms with Crippen molar-refractivity contribution in [1.29, 1.82) is 0 Å². The van der Waals surface area contributed by atoms with Gasteiger partial charge in [0.05, 0.1) is 5.56 Å². The van der Waals surface area contributed by atoms with E-state index in [-0.39, 0.29) is 11.3 Å². The summed E-state index contributed by atoms with van der Waals surface area (Å²) in [5, 5.41) is 0.931. The van der Waals surface area contributed by atoms with E-state index >= 15 is 0 Å². The van der Waals surface area contributed by atoms with Crippen LogP contribution in [-0.2, 0) is 0 Å². The lowest BCUT2D eigenvalue weighted by Crippen LogP contribution is -2.07. The lowest BCUT2D eigenvalue weighted by Gasteiger charge is -2.04. The number of fused-ring (bicyclic) bond motifs is 3.